The molecule has 2 aliphatic rings. The number of rotatable bonds is 3. The Hall–Kier alpha value is -0.870. The van der Waals surface area contributed by atoms with Crippen molar-refractivity contribution < 1.29 is 4.79 Å². The lowest BCUT2D eigenvalue weighted by Crippen LogP contribution is -2.40. The summed E-state index contributed by atoms with van der Waals surface area (Å²) in [6.45, 7) is 5.22. The lowest BCUT2D eigenvalue weighted by molar-refractivity contribution is -0.131. The topological polar surface area (TPSA) is 32.3 Å². The van der Waals surface area contributed by atoms with E-state index in [1.807, 2.05) is 6.92 Å². The smallest absolute Gasteiger partial charge is 0.241 e. The summed E-state index contributed by atoms with van der Waals surface area (Å²) in [5.74, 6) is 0.257. The van der Waals surface area contributed by atoms with Gasteiger partial charge in [-0.3, -0.25) is 10.1 Å². The molecule has 2 heterocycles. The molecule has 1 aromatic rings. The zero-order chi connectivity index (χ0) is 14.2. The highest BCUT2D eigenvalue weighted by Gasteiger charge is 2.41. The van der Waals surface area contributed by atoms with Crippen LogP contribution in [0, 0.1) is 5.41 Å². The summed E-state index contributed by atoms with van der Waals surface area (Å²) in [5, 5.41) is 7.69. The van der Waals surface area contributed by atoms with Gasteiger partial charge < -0.3 is 4.90 Å². The van der Waals surface area contributed by atoms with Crippen molar-refractivity contribution in [1.82, 2.24) is 10.2 Å². The van der Waals surface area contributed by atoms with Crippen LogP contribution in [0.3, 0.4) is 0 Å². The molecule has 0 spiro atoms. The van der Waals surface area contributed by atoms with Crippen LogP contribution >= 0.6 is 11.3 Å². The van der Waals surface area contributed by atoms with Gasteiger partial charge in [0.25, 0.3) is 0 Å². The Morgan fingerprint density at radius 3 is 2.80 bits per heavy atom. The first-order valence-corrected chi connectivity index (χ1v) is 8.62. The van der Waals surface area contributed by atoms with E-state index in [0.29, 0.717) is 5.41 Å². The van der Waals surface area contributed by atoms with Crippen LogP contribution in [0.5, 0.6) is 0 Å². The average molecular weight is 292 g/mol. The van der Waals surface area contributed by atoms with E-state index in [1.165, 1.54) is 37.7 Å². The van der Waals surface area contributed by atoms with Crippen LogP contribution < -0.4 is 5.32 Å². The Bertz CT molecular complexity index is 465. The maximum atomic E-state index is 12.5. The van der Waals surface area contributed by atoms with E-state index in [4.69, 9.17) is 0 Å². The maximum absolute atomic E-state index is 12.5. The van der Waals surface area contributed by atoms with Gasteiger partial charge >= 0.3 is 0 Å². The number of carbonyl (C=O) groups excluding carboxylic acids is 1. The summed E-state index contributed by atoms with van der Waals surface area (Å²) < 4.78 is 0. The van der Waals surface area contributed by atoms with Crippen LogP contribution in [0.25, 0.3) is 0 Å². The normalized spacial score (nSPS) is 29.9. The SMILES string of the molecule is CC1NC(c2ccsc2)N(CC2(C)CCCCC2)C1=O. The summed E-state index contributed by atoms with van der Waals surface area (Å²) in [5.41, 5.74) is 1.53. The molecule has 3 rings (SSSR count). The van der Waals surface area contributed by atoms with Gasteiger partial charge in [-0.05, 0) is 47.6 Å². The number of nitrogens with one attached hydrogen (secondary N) is 1. The number of amides is 1. The third-order valence-electron chi connectivity index (χ3n) is 4.84. The van der Waals surface area contributed by atoms with Crippen molar-refractivity contribution in [3.05, 3.63) is 22.4 Å². The summed E-state index contributed by atoms with van der Waals surface area (Å²) in [6.07, 6.45) is 6.55. The van der Waals surface area contributed by atoms with Crippen molar-refractivity contribution >= 4 is 17.2 Å². The number of carbonyl (C=O) groups is 1. The summed E-state index contributed by atoms with van der Waals surface area (Å²) in [7, 11) is 0. The quantitative estimate of drug-likeness (QED) is 0.924. The van der Waals surface area contributed by atoms with Crippen LogP contribution in [-0.2, 0) is 4.79 Å². The molecule has 4 heteroatoms. The Morgan fingerprint density at radius 1 is 1.40 bits per heavy atom. The van der Waals surface area contributed by atoms with E-state index in [9.17, 15) is 4.79 Å². The minimum Gasteiger partial charge on any atom is -0.321 e. The predicted octanol–water partition coefficient (Wildman–Crippen LogP) is 3.54. The molecular weight excluding hydrogens is 268 g/mol. The second-order valence-corrected chi connectivity index (χ2v) is 7.47. The molecule has 2 fully saturated rings. The number of hydrogen-bond acceptors (Lipinski definition) is 3. The van der Waals surface area contributed by atoms with E-state index < -0.39 is 0 Å². The first kappa shape index (κ1) is 14.1. The predicted molar refractivity (Wildman–Crippen MR) is 82.6 cm³/mol. The highest BCUT2D eigenvalue weighted by Crippen LogP contribution is 2.39. The largest absolute Gasteiger partial charge is 0.321 e. The van der Waals surface area contributed by atoms with Gasteiger partial charge in [-0.15, -0.1) is 0 Å². The minimum absolute atomic E-state index is 0.0629. The Balaban J connectivity index is 1.79. The molecule has 1 aromatic heterocycles. The Kier molecular flexibility index (Phi) is 3.87. The molecule has 1 N–H and O–H groups in total. The molecule has 2 atom stereocenters. The monoisotopic (exact) mass is 292 g/mol. The van der Waals surface area contributed by atoms with Crippen LogP contribution in [-0.4, -0.2) is 23.4 Å². The molecule has 1 saturated carbocycles. The first-order valence-electron chi connectivity index (χ1n) is 7.68. The molecular formula is C16H24N2OS. The van der Waals surface area contributed by atoms with E-state index in [0.717, 1.165) is 6.54 Å². The van der Waals surface area contributed by atoms with E-state index in [2.05, 4.69) is 34.0 Å². The highest BCUT2D eigenvalue weighted by atomic mass is 32.1. The van der Waals surface area contributed by atoms with Crippen molar-refractivity contribution in [2.75, 3.05) is 6.54 Å². The van der Waals surface area contributed by atoms with Gasteiger partial charge in [-0.2, -0.15) is 11.3 Å². The van der Waals surface area contributed by atoms with Crippen molar-refractivity contribution in [3.63, 3.8) is 0 Å². The maximum Gasteiger partial charge on any atom is 0.241 e. The van der Waals surface area contributed by atoms with E-state index in [-0.39, 0.29) is 18.1 Å². The van der Waals surface area contributed by atoms with Gasteiger partial charge in [-0.25, -0.2) is 0 Å². The third-order valence-corrected chi connectivity index (χ3v) is 5.55. The van der Waals surface area contributed by atoms with Gasteiger partial charge in [0.2, 0.25) is 5.91 Å². The van der Waals surface area contributed by atoms with Crippen molar-refractivity contribution in [2.45, 2.75) is 58.2 Å². The van der Waals surface area contributed by atoms with Crippen LogP contribution in [0.15, 0.2) is 16.8 Å². The molecule has 20 heavy (non-hydrogen) atoms. The average Bonchev–Trinajstić information content (AvgIpc) is 3.03. The second kappa shape index (κ2) is 5.49. The fourth-order valence-electron chi connectivity index (χ4n) is 3.62. The van der Waals surface area contributed by atoms with Gasteiger partial charge in [0, 0.05) is 6.54 Å². The molecule has 1 aliphatic carbocycles. The fourth-order valence-corrected chi connectivity index (χ4v) is 4.30. The zero-order valence-corrected chi connectivity index (χ0v) is 13.2. The first-order chi connectivity index (χ1) is 9.59. The Morgan fingerprint density at radius 2 is 2.15 bits per heavy atom. The minimum atomic E-state index is -0.0629. The van der Waals surface area contributed by atoms with Gasteiger partial charge in [-0.1, -0.05) is 26.2 Å². The van der Waals surface area contributed by atoms with Crippen molar-refractivity contribution in [1.29, 1.82) is 0 Å². The van der Waals surface area contributed by atoms with Crippen LogP contribution in [0.4, 0.5) is 0 Å². The number of nitrogens with zero attached hydrogens (tertiary/aromatic N) is 1. The summed E-state index contributed by atoms with van der Waals surface area (Å²) >= 11 is 1.70. The molecule has 1 amide bonds. The lowest BCUT2D eigenvalue weighted by atomic mass is 9.75. The van der Waals surface area contributed by atoms with Crippen LogP contribution in [0.2, 0.25) is 0 Å². The summed E-state index contributed by atoms with van der Waals surface area (Å²) in [4.78, 5) is 14.6. The molecule has 1 saturated heterocycles. The number of thiophene rings is 1. The fraction of sp³-hybridized carbons (Fsp3) is 0.688. The van der Waals surface area contributed by atoms with E-state index >= 15 is 0 Å². The molecule has 2 unspecified atom stereocenters. The lowest BCUT2D eigenvalue weighted by Gasteiger charge is -2.38. The summed E-state index contributed by atoms with van der Waals surface area (Å²) in [6, 6.07) is 2.07. The standard InChI is InChI=1S/C16H24N2OS/c1-12-15(19)18(11-16(2)7-4-3-5-8-16)14(17-12)13-6-9-20-10-13/h6,9-10,12,14,17H,3-5,7-8,11H2,1-2H3. The van der Waals surface area contributed by atoms with Crippen molar-refractivity contribution in [3.8, 4) is 0 Å². The van der Waals surface area contributed by atoms with Gasteiger partial charge in [0.15, 0.2) is 0 Å². The van der Waals surface area contributed by atoms with Crippen molar-refractivity contribution in [2.24, 2.45) is 5.41 Å². The van der Waals surface area contributed by atoms with Gasteiger partial charge in [0.05, 0.1) is 6.04 Å². The molecule has 0 bridgehead atoms. The molecule has 3 nitrogen and oxygen atoms in total. The Labute approximate surface area is 125 Å². The number of hydrogen-bond donors (Lipinski definition) is 1. The van der Waals surface area contributed by atoms with Crippen LogP contribution in [0.1, 0.15) is 57.7 Å². The van der Waals surface area contributed by atoms with Gasteiger partial charge in [0.1, 0.15) is 6.17 Å². The van der Waals surface area contributed by atoms with E-state index in [1.54, 1.807) is 11.3 Å². The third kappa shape index (κ3) is 2.63. The molecule has 0 radical (unpaired) electrons. The zero-order valence-electron chi connectivity index (χ0n) is 12.4. The molecule has 0 aromatic carbocycles. The highest BCUT2D eigenvalue weighted by molar-refractivity contribution is 7.07. The second-order valence-electron chi connectivity index (χ2n) is 6.69. The molecule has 110 valence electrons. The molecule has 1 aliphatic heterocycles.